The molecule has 2 N–H and O–H groups in total. The van der Waals surface area contributed by atoms with Gasteiger partial charge in [0, 0.05) is 37.8 Å². The summed E-state index contributed by atoms with van der Waals surface area (Å²) in [5, 5.41) is 3.13. The molecule has 1 aromatic rings. The predicted molar refractivity (Wildman–Crippen MR) is 70.5 cm³/mol. The van der Waals surface area contributed by atoms with Crippen LogP contribution in [0.3, 0.4) is 0 Å². The molecular formula is C11H17N5S. The molecule has 92 valence electrons. The third-order valence-corrected chi connectivity index (χ3v) is 3.99. The van der Waals surface area contributed by atoms with Crippen LogP contribution in [0.2, 0.25) is 0 Å². The molecule has 1 aliphatic heterocycles. The Kier molecular flexibility index (Phi) is 2.88. The number of nitrogens with zero attached hydrogens (tertiary/aromatic N) is 4. The van der Waals surface area contributed by atoms with Gasteiger partial charge in [0.15, 0.2) is 11.1 Å². The number of hydrogen-bond donors (Lipinski definition) is 1. The zero-order valence-corrected chi connectivity index (χ0v) is 10.6. The third-order valence-electron chi connectivity index (χ3n) is 3.16. The molecule has 0 unspecified atom stereocenters. The van der Waals surface area contributed by atoms with E-state index < -0.39 is 0 Å². The van der Waals surface area contributed by atoms with Crippen molar-refractivity contribution >= 4 is 22.4 Å². The molecule has 2 aliphatic rings. The molecule has 0 atom stereocenters. The van der Waals surface area contributed by atoms with E-state index in [1.807, 2.05) is 11.6 Å². The molecule has 0 amide bonds. The predicted octanol–water partition coefficient (Wildman–Crippen LogP) is 0.742. The number of piperazine rings is 1. The minimum absolute atomic E-state index is 0.506. The average Bonchev–Trinajstić information content (AvgIpc) is 3.00. The van der Waals surface area contributed by atoms with Gasteiger partial charge in [0.1, 0.15) is 0 Å². The summed E-state index contributed by atoms with van der Waals surface area (Å²) in [6, 6.07) is 0.506. The summed E-state index contributed by atoms with van der Waals surface area (Å²) in [7, 11) is 0. The lowest BCUT2D eigenvalue weighted by atomic mass is 10.3. The van der Waals surface area contributed by atoms with Gasteiger partial charge in [-0.1, -0.05) is 0 Å². The summed E-state index contributed by atoms with van der Waals surface area (Å²) in [5.74, 6) is 0.728. The Morgan fingerprint density at radius 2 is 2.12 bits per heavy atom. The largest absolute Gasteiger partial charge is 0.370 e. The van der Waals surface area contributed by atoms with Gasteiger partial charge in [-0.3, -0.25) is 0 Å². The third kappa shape index (κ3) is 2.52. The second-order valence-electron chi connectivity index (χ2n) is 4.51. The highest BCUT2D eigenvalue weighted by Crippen LogP contribution is 2.24. The SMILES string of the molecule is NC(=NC1CC1)N1CCN(c2nccs2)CC1. The molecule has 0 radical (unpaired) electrons. The number of nitrogens with two attached hydrogens (primary N) is 1. The van der Waals surface area contributed by atoms with E-state index >= 15 is 0 Å². The molecule has 0 aromatic carbocycles. The molecule has 2 heterocycles. The molecule has 1 aliphatic carbocycles. The number of thiazole rings is 1. The van der Waals surface area contributed by atoms with Crippen LogP contribution in [0.4, 0.5) is 5.13 Å². The Labute approximate surface area is 105 Å². The van der Waals surface area contributed by atoms with Crippen molar-refractivity contribution in [3.8, 4) is 0 Å². The number of aromatic nitrogens is 1. The van der Waals surface area contributed by atoms with Crippen LogP contribution in [0.5, 0.6) is 0 Å². The van der Waals surface area contributed by atoms with Crippen molar-refractivity contribution in [3.05, 3.63) is 11.6 Å². The maximum atomic E-state index is 6.00. The fourth-order valence-corrected chi connectivity index (χ4v) is 2.67. The van der Waals surface area contributed by atoms with Gasteiger partial charge in [-0.15, -0.1) is 11.3 Å². The van der Waals surface area contributed by atoms with Crippen molar-refractivity contribution < 1.29 is 0 Å². The lowest BCUT2D eigenvalue weighted by molar-refractivity contribution is 0.380. The van der Waals surface area contributed by atoms with Crippen LogP contribution in [0.15, 0.2) is 16.6 Å². The summed E-state index contributed by atoms with van der Waals surface area (Å²) in [6.07, 6.45) is 4.27. The van der Waals surface area contributed by atoms with E-state index in [1.54, 1.807) is 11.3 Å². The van der Waals surface area contributed by atoms with Gasteiger partial charge < -0.3 is 15.5 Å². The second-order valence-corrected chi connectivity index (χ2v) is 5.38. The van der Waals surface area contributed by atoms with E-state index in [1.165, 1.54) is 12.8 Å². The van der Waals surface area contributed by atoms with E-state index in [9.17, 15) is 0 Å². The van der Waals surface area contributed by atoms with E-state index in [2.05, 4.69) is 19.8 Å². The zero-order chi connectivity index (χ0) is 11.7. The number of hydrogen-bond acceptors (Lipinski definition) is 4. The zero-order valence-electron chi connectivity index (χ0n) is 9.75. The summed E-state index contributed by atoms with van der Waals surface area (Å²) in [4.78, 5) is 13.3. The summed E-state index contributed by atoms with van der Waals surface area (Å²) in [6.45, 7) is 3.85. The van der Waals surface area contributed by atoms with Gasteiger partial charge in [-0.2, -0.15) is 0 Å². The first-order valence-corrected chi connectivity index (χ1v) is 6.93. The fraction of sp³-hybridized carbons (Fsp3) is 0.636. The molecule has 3 rings (SSSR count). The average molecular weight is 251 g/mol. The van der Waals surface area contributed by atoms with Crippen LogP contribution in [0.1, 0.15) is 12.8 Å². The van der Waals surface area contributed by atoms with Crippen molar-refractivity contribution in [1.82, 2.24) is 9.88 Å². The number of aliphatic imine (C=N–C) groups is 1. The molecule has 17 heavy (non-hydrogen) atoms. The molecule has 1 saturated carbocycles. The quantitative estimate of drug-likeness (QED) is 0.622. The lowest BCUT2D eigenvalue weighted by Crippen LogP contribution is -2.51. The summed E-state index contributed by atoms with van der Waals surface area (Å²) in [5.41, 5.74) is 6.00. The smallest absolute Gasteiger partial charge is 0.191 e. The van der Waals surface area contributed by atoms with Crippen LogP contribution in [0, 0.1) is 0 Å². The van der Waals surface area contributed by atoms with Crippen molar-refractivity contribution in [1.29, 1.82) is 0 Å². The summed E-state index contributed by atoms with van der Waals surface area (Å²) >= 11 is 1.69. The van der Waals surface area contributed by atoms with E-state index in [4.69, 9.17) is 5.73 Å². The van der Waals surface area contributed by atoms with Crippen molar-refractivity contribution in [2.24, 2.45) is 10.7 Å². The first-order chi connectivity index (χ1) is 8.33. The van der Waals surface area contributed by atoms with Crippen molar-refractivity contribution in [3.63, 3.8) is 0 Å². The Morgan fingerprint density at radius 1 is 1.35 bits per heavy atom. The van der Waals surface area contributed by atoms with Gasteiger partial charge in [0.05, 0.1) is 6.04 Å². The molecule has 2 fully saturated rings. The van der Waals surface area contributed by atoms with E-state index in [-0.39, 0.29) is 0 Å². The Bertz CT molecular complexity index is 390. The minimum Gasteiger partial charge on any atom is -0.370 e. The number of rotatable bonds is 2. The topological polar surface area (TPSA) is 57.8 Å². The lowest BCUT2D eigenvalue weighted by Gasteiger charge is -2.35. The Morgan fingerprint density at radius 3 is 2.71 bits per heavy atom. The second kappa shape index (κ2) is 4.52. The Balaban J connectivity index is 1.56. The summed E-state index contributed by atoms with van der Waals surface area (Å²) < 4.78 is 0. The minimum atomic E-state index is 0.506. The highest BCUT2D eigenvalue weighted by atomic mass is 32.1. The molecule has 1 saturated heterocycles. The van der Waals surface area contributed by atoms with E-state index in [0.29, 0.717) is 6.04 Å². The first kappa shape index (κ1) is 10.8. The van der Waals surface area contributed by atoms with Gasteiger partial charge in [-0.05, 0) is 12.8 Å². The van der Waals surface area contributed by atoms with Gasteiger partial charge in [-0.25, -0.2) is 9.98 Å². The Hall–Kier alpha value is -1.30. The molecule has 0 bridgehead atoms. The number of guanidine groups is 1. The van der Waals surface area contributed by atoms with Gasteiger partial charge in [0.25, 0.3) is 0 Å². The number of anilines is 1. The first-order valence-electron chi connectivity index (χ1n) is 6.05. The fourth-order valence-electron chi connectivity index (χ4n) is 1.97. The monoisotopic (exact) mass is 251 g/mol. The maximum absolute atomic E-state index is 6.00. The van der Waals surface area contributed by atoms with Crippen LogP contribution in [-0.4, -0.2) is 48.1 Å². The molecule has 1 aromatic heterocycles. The normalized spacial score (nSPS) is 22.0. The van der Waals surface area contributed by atoms with Crippen LogP contribution in [0.25, 0.3) is 0 Å². The maximum Gasteiger partial charge on any atom is 0.191 e. The molecule has 0 spiro atoms. The van der Waals surface area contributed by atoms with Crippen LogP contribution in [-0.2, 0) is 0 Å². The standard InChI is InChI=1S/C11H17N5S/c12-10(14-9-1-2-9)15-4-6-16(7-5-15)11-13-3-8-17-11/h3,8-9H,1-2,4-7H2,(H2,12,14). The molecule has 5 nitrogen and oxygen atoms in total. The van der Waals surface area contributed by atoms with Crippen molar-refractivity contribution in [2.45, 2.75) is 18.9 Å². The van der Waals surface area contributed by atoms with Crippen LogP contribution >= 0.6 is 11.3 Å². The molecular weight excluding hydrogens is 234 g/mol. The highest BCUT2D eigenvalue weighted by molar-refractivity contribution is 7.13. The van der Waals surface area contributed by atoms with Crippen LogP contribution < -0.4 is 10.6 Å². The van der Waals surface area contributed by atoms with Gasteiger partial charge in [0.2, 0.25) is 0 Å². The van der Waals surface area contributed by atoms with E-state index in [0.717, 1.165) is 37.3 Å². The van der Waals surface area contributed by atoms with Crippen molar-refractivity contribution in [2.75, 3.05) is 31.1 Å². The van der Waals surface area contributed by atoms with Gasteiger partial charge >= 0.3 is 0 Å². The highest BCUT2D eigenvalue weighted by Gasteiger charge is 2.24. The molecule has 6 heteroatoms.